The van der Waals surface area contributed by atoms with Gasteiger partial charge in [0.2, 0.25) is 0 Å². The van der Waals surface area contributed by atoms with Gasteiger partial charge in [-0.25, -0.2) is 0 Å². The third-order valence-electron chi connectivity index (χ3n) is 5.11. The molecule has 3 rings (SSSR count). The molecule has 1 aromatic heterocycles. The van der Waals surface area contributed by atoms with Gasteiger partial charge in [0.05, 0.1) is 25.0 Å². The molecule has 1 amide bonds. The smallest absolute Gasteiger partial charge is 0.307 e. The van der Waals surface area contributed by atoms with Crippen LogP contribution in [0.15, 0.2) is 48.5 Å². The summed E-state index contributed by atoms with van der Waals surface area (Å²) in [6.45, 7) is 2.11. The van der Waals surface area contributed by atoms with Gasteiger partial charge in [0.1, 0.15) is 19.0 Å². The van der Waals surface area contributed by atoms with Crippen LogP contribution in [0.3, 0.4) is 0 Å². The molecule has 11 heteroatoms. The molecule has 36 heavy (non-hydrogen) atoms. The van der Waals surface area contributed by atoms with Gasteiger partial charge >= 0.3 is 5.97 Å². The molecule has 2 aromatic carbocycles. The molecule has 0 saturated heterocycles. The number of ether oxygens (including phenoxy) is 3. The quantitative estimate of drug-likeness (QED) is 0.184. The Morgan fingerprint density at radius 1 is 1.03 bits per heavy atom. The zero-order chi connectivity index (χ0) is 26.1. The van der Waals surface area contributed by atoms with Gasteiger partial charge in [0, 0.05) is 24.4 Å². The highest BCUT2D eigenvalue weighted by molar-refractivity contribution is 7.85. The fraction of sp³-hybridized carbons (Fsp3) is 0.360. The van der Waals surface area contributed by atoms with Crippen LogP contribution in [0.25, 0.3) is 10.1 Å². The minimum absolute atomic E-state index is 0.0115. The second kappa shape index (κ2) is 12.7. The van der Waals surface area contributed by atoms with Crippen LogP contribution in [0.2, 0.25) is 0 Å². The third kappa shape index (κ3) is 7.67. The lowest BCUT2D eigenvalue weighted by atomic mass is 10.2. The Morgan fingerprint density at radius 3 is 2.47 bits per heavy atom. The summed E-state index contributed by atoms with van der Waals surface area (Å²) in [5.41, 5.74) is 0.639. The van der Waals surface area contributed by atoms with Gasteiger partial charge in [-0.05, 0) is 30.0 Å². The minimum Gasteiger partial charge on any atom is -0.493 e. The summed E-state index contributed by atoms with van der Waals surface area (Å²) in [5, 5.41) is 0.774. The fourth-order valence-corrected chi connectivity index (χ4v) is 5.41. The molecular formula is C25H29NO8S2. The van der Waals surface area contributed by atoms with Crippen LogP contribution >= 0.6 is 11.3 Å². The number of esters is 1. The normalized spacial score (nSPS) is 11.3. The molecule has 0 spiro atoms. The van der Waals surface area contributed by atoms with Gasteiger partial charge in [-0.1, -0.05) is 30.3 Å². The standard InChI is InChI=1S/C25H29NO8S2/c1-4-32-24(27)10-11-26(2)25(28)23-15-19-14-21(20(31-3)16-22(19)35-23)33-12-13-34-36(29,30)17-18-8-6-5-7-9-18/h5-9,14-16H,4,10-13,17H2,1-3H3. The second-order valence-electron chi connectivity index (χ2n) is 7.79. The number of thiophene rings is 1. The number of carbonyl (C=O) groups is 2. The van der Waals surface area contributed by atoms with Crippen LogP contribution in [-0.2, 0) is 29.6 Å². The first-order chi connectivity index (χ1) is 17.2. The van der Waals surface area contributed by atoms with Gasteiger partial charge in [0.25, 0.3) is 16.0 Å². The molecule has 0 aliphatic heterocycles. The Labute approximate surface area is 214 Å². The van der Waals surface area contributed by atoms with Crippen LogP contribution in [0, 0.1) is 0 Å². The van der Waals surface area contributed by atoms with E-state index in [4.69, 9.17) is 18.4 Å². The molecule has 9 nitrogen and oxygen atoms in total. The average molecular weight is 536 g/mol. The number of carbonyl (C=O) groups excluding carboxylic acids is 2. The Bertz CT molecular complexity index is 1290. The van der Waals surface area contributed by atoms with Gasteiger partial charge in [-0.3, -0.25) is 13.8 Å². The summed E-state index contributed by atoms with van der Waals surface area (Å²) in [5.74, 6) is 0.0757. The predicted octanol–water partition coefficient (Wildman–Crippen LogP) is 3.86. The SMILES string of the molecule is CCOC(=O)CCN(C)C(=O)c1cc2cc(OCCOS(=O)(=O)Cc3ccccc3)c(OC)cc2s1. The van der Waals surface area contributed by atoms with E-state index in [0.717, 1.165) is 10.1 Å². The highest BCUT2D eigenvalue weighted by Crippen LogP contribution is 2.37. The monoisotopic (exact) mass is 535 g/mol. The Hall–Kier alpha value is -3.15. The number of fused-ring (bicyclic) bond motifs is 1. The van der Waals surface area contributed by atoms with Crippen LogP contribution in [0.4, 0.5) is 0 Å². The van der Waals surface area contributed by atoms with Crippen molar-refractivity contribution in [3.8, 4) is 11.5 Å². The molecule has 1 heterocycles. The number of rotatable bonds is 13. The number of hydrogen-bond donors (Lipinski definition) is 0. The summed E-state index contributed by atoms with van der Waals surface area (Å²) in [7, 11) is -0.619. The number of nitrogens with zero attached hydrogens (tertiary/aromatic N) is 1. The van der Waals surface area contributed by atoms with Crippen molar-refractivity contribution in [1.82, 2.24) is 4.90 Å². The Morgan fingerprint density at radius 2 is 1.78 bits per heavy atom. The molecule has 0 atom stereocenters. The van der Waals surface area contributed by atoms with E-state index in [0.29, 0.717) is 28.5 Å². The van der Waals surface area contributed by atoms with Crippen molar-refractivity contribution < 1.29 is 36.4 Å². The van der Waals surface area contributed by atoms with E-state index in [2.05, 4.69) is 0 Å². The van der Waals surface area contributed by atoms with Crippen molar-refractivity contribution in [1.29, 1.82) is 0 Å². The van der Waals surface area contributed by atoms with E-state index in [1.54, 1.807) is 56.4 Å². The van der Waals surface area contributed by atoms with Crippen LogP contribution < -0.4 is 9.47 Å². The topological polar surface area (TPSA) is 108 Å². The molecular weight excluding hydrogens is 506 g/mol. The number of hydrogen-bond acceptors (Lipinski definition) is 9. The largest absolute Gasteiger partial charge is 0.493 e. The molecule has 0 unspecified atom stereocenters. The van der Waals surface area contributed by atoms with Gasteiger partial charge in [0.15, 0.2) is 11.5 Å². The summed E-state index contributed by atoms with van der Waals surface area (Å²) in [4.78, 5) is 26.4. The predicted molar refractivity (Wildman–Crippen MR) is 137 cm³/mol. The van der Waals surface area contributed by atoms with E-state index < -0.39 is 10.1 Å². The molecule has 0 radical (unpaired) electrons. The molecule has 0 N–H and O–H groups in total. The molecule has 0 bridgehead atoms. The van der Waals surface area contributed by atoms with Crippen molar-refractivity contribution in [3.63, 3.8) is 0 Å². The van der Waals surface area contributed by atoms with E-state index in [-0.39, 0.29) is 43.8 Å². The van der Waals surface area contributed by atoms with Crippen molar-refractivity contribution >= 4 is 43.4 Å². The molecule has 0 fully saturated rings. The lowest BCUT2D eigenvalue weighted by Crippen LogP contribution is -2.28. The van der Waals surface area contributed by atoms with E-state index >= 15 is 0 Å². The number of methoxy groups -OCH3 is 1. The van der Waals surface area contributed by atoms with Gasteiger partial charge < -0.3 is 19.1 Å². The molecule has 194 valence electrons. The summed E-state index contributed by atoms with van der Waals surface area (Å²) < 4.78 is 46.3. The van der Waals surface area contributed by atoms with Crippen molar-refractivity contribution in [3.05, 3.63) is 59.0 Å². The van der Waals surface area contributed by atoms with E-state index in [1.807, 2.05) is 6.07 Å². The first-order valence-corrected chi connectivity index (χ1v) is 13.7. The van der Waals surface area contributed by atoms with Crippen LogP contribution in [0.1, 0.15) is 28.6 Å². The van der Waals surface area contributed by atoms with Crippen molar-refractivity contribution in [2.75, 3.05) is 40.5 Å². The van der Waals surface area contributed by atoms with Crippen molar-refractivity contribution in [2.45, 2.75) is 19.1 Å². The second-order valence-corrected chi connectivity index (χ2v) is 10.5. The highest BCUT2D eigenvalue weighted by Gasteiger charge is 2.18. The fourth-order valence-electron chi connectivity index (χ4n) is 3.34. The van der Waals surface area contributed by atoms with Crippen LogP contribution in [-0.4, -0.2) is 65.7 Å². The lowest BCUT2D eigenvalue weighted by Gasteiger charge is -2.15. The van der Waals surface area contributed by atoms with Gasteiger partial charge in [-0.15, -0.1) is 11.3 Å². The lowest BCUT2D eigenvalue weighted by molar-refractivity contribution is -0.143. The maximum Gasteiger partial charge on any atom is 0.307 e. The van der Waals surface area contributed by atoms with Crippen molar-refractivity contribution in [2.24, 2.45) is 0 Å². The summed E-state index contributed by atoms with van der Waals surface area (Å²) >= 11 is 1.30. The number of amides is 1. The minimum atomic E-state index is -3.75. The molecule has 0 aliphatic carbocycles. The van der Waals surface area contributed by atoms with E-state index in [1.165, 1.54) is 23.3 Å². The summed E-state index contributed by atoms with van der Waals surface area (Å²) in [6.07, 6.45) is 0.121. The van der Waals surface area contributed by atoms with Crippen LogP contribution in [0.5, 0.6) is 11.5 Å². The Kier molecular flexibility index (Phi) is 9.68. The Balaban J connectivity index is 1.61. The first-order valence-electron chi connectivity index (χ1n) is 11.3. The maximum absolute atomic E-state index is 12.8. The average Bonchev–Trinajstić information content (AvgIpc) is 3.27. The zero-order valence-electron chi connectivity index (χ0n) is 20.4. The maximum atomic E-state index is 12.8. The first kappa shape index (κ1) is 27.4. The highest BCUT2D eigenvalue weighted by atomic mass is 32.2. The summed E-state index contributed by atoms with van der Waals surface area (Å²) in [6, 6.07) is 14.0. The molecule has 0 saturated carbocycles. The molecule has 3 aromatic rings. The zero-order valence-corrected chi connectivity index (χ0v) is 22.0. The van der Waals surface area contributed by atoms with Gasteiger partial charge in [-0.2, -0.15) is 8.42 Å². The molecule has 0 aliphatic rings. The van der Waals surface area contributed by atoms with E-state index in [9.17, 15) is 18.0 Å². The number of benzene rings is 2. The third-order valence-corrected chi connectivity index (χ3v) is 7.41.